The smallest absolute Gasteiger partial charge is 0.366 e. The first kappa shape index (κ1) is 25.4. The van der Waals surface area contributed by atoms with Gasteiger partial charge in [0.05, 0.1) is 22.7 Å². The number of halogens is 4. The van der Waals surface area contributed by atoms with E-state index in [-0.39, 0.29) is 5.56 Å². The van der Waals surface area contributed by atoms with E-state index >= 15 is 0 Å². The zero-order valence-electron chi connectivity index (χ0n) is 20.5. The molecule has 188 valence electrons. The van der Waals surface area contributed by atoms with Gasteiger partial charge in [-0.2, -0.15) is 13.2 Å². The third-order valence-electron chi connectivity index (χ3n) is 6.62. The van der Waals surface area contributed by atoms with Crippen LogP contribution >= 0.6 is 11.6 Å². The highest BCUT2D eigenvalue weighted by Gasteiger charge is 2.33. The van der Waals surface area contributed by atoms with E-state index in [1.54, 1.807) is 13.0 Å². The number of aryl methyl sites for hydroxylation is 1. The van der Waals surface area contributed by atoms with Gasteiger partial charge < -0.3 is 10.2 Å². The lowest BCUT2D eigenvalue weighted by Gasteiger charge is -2.38. The van der Waals surface area contributed by atoms with Crippen molar-refractivity contribution in [2.75, 3.05) is 36.4 Å². The monoisotopic (exact) mass is 506 g/mol. The Morgan fingerprint density at radius 1 is 1.00 bits per heavy atom. The summed E-state index contributed by atoms with van der Waals surface area (Å²) in [5.74, 6) is 1.01. The minimum atomic E-state index is -4.41. The van der Waals surface area contributed by atoms with E-state index in [1.807, 2.05) is 13.0 Å². The Hall–Kier alpha value is -2.65. The number of hydrogen-bond acceptors (Lipinski definition) is 6. The van der Waals surface area contributed by atoms with Crippen molar-refractivity contribution in [3.05, 3.63) is 51.9 Å². The van der Waals surface area contributed by atoms with Crippen molar-refractivity contribution in [1.29, 1.82) is 0 Å². The van der Waals surface area contributed by atoms with Crippen molar-refractivity contribution in [2.24, 2.45) is 0 Å². The maximum Gasteiger partial charge on any atom is 0.416 e. The van der Waals surface area contributed by atoms with Gasteiger partial charge in [0.1, 0.15) is 11.6 Å². The van der Waals surface area contributed by atoms with Crippen molar-refractivity contribution < 1.29 is 13.2 Å². The lowest BCUT2D eigenvalue weighted by atomic mass is 9.97. The van der Waals surface area contributed by atoms with E-state index in [9.17, 15) is 13.2 Å². The molecule has 0 bridgehead atoms. The van der Waals surface area contributed by atoms with E-state index in [0.717, 1.165) is 37.9 Å². The quantitative estimate of drug-likeness (QED) is 0.427. The largest absolute Gasteiger partial charge is 0.416 e. The summed E-state index contributed by atoms with van der Waals surface area (Å²) in [6.07, 6.45) is -4.41. The van der Waals surface area contributed by atoms with Gasteiger partial charge in [-0.25, -0.2) is 15.0 Å². The van der Waals surface area contributed by atoms with Gasteiger partial charge in [-0.1, -0.05) is 23.7 Å². The van der Waals surface area contributed by atoms with Gasteiger partial charge in [0.2, 0.25) is 0 Å². The summed E-state index contributed by atoms with van der Waals surface area (Å²) in [7, 11) is 0. The number of piperazine rings is 1. The van der Waals surface area contributed by atoms with Crippen molar-refractivity contribution in [3.63, 3.8) is 0 Å². The van der Waals surface area contributed by atoms with Gasteiger partial charge in [-0.05, 0) is 57.9 Å². The Kier molecular flexibility index (Phi) is 7.11. The van der Waals surface area contributed by atoms with E-state index < -0.39 is 17.8 Å². The third-order valence-corrected chi connectivity index (χ3v) is 6.90. The molecular formula is C25H30ClF3N6. The van der Waals surface area contributed by atoms with Crippen LogP contribution in [-0.4, -0.2) is 52.1 Å². The molecule has 0 amide bonds. The summed E-state index contributed by atoms with van der Waals surface area (Å²) in [4.78, 5) is 18.2. The average molecular weight is 507 g/mol. The lowest BCUT2D eigenvalue weighted by Crippen LogP contribution is -2.49. The van der Waals surface area contributed by atoms with Crippen LogP contribution in [0.2, 0.25) is 5.15 Å². The highest BCUT2D eigenvalue weighted by Crippen LogP contribution is 2.36. The van der Waals surface area contributed by atoms with Gasteiger partial charge in [0, 0.05) is 32.2 Å². The zero-order valence-corrected chi connectivity index (χ0v) is 21.3. The zero-order chi connectivity index (χ0) is 25.5. The van der Waals surface area contributed by atoms with Gasteiger partial charge >= 0.3 is 6.18 Å². The van der Waals surface area contributed by atoms with Crippen LogP contribution in [0.3, 0.4) is 0 Å². The number of fused-ring (bicyclic) bond motifs is 1. The first-order chi connectivity index (χ1) is 16.5. The van der Waals surface area contributed by atoms with Crippen LogP contribution in [0.15, 0.2) is 24.3 Å². The second kappa shape index (κ2) is 9.78. The number of nitrogens with zero attached hydrogens (tertiary/aromatic N) is 5. The Balaban J connectivity index is 1.69. The molecule has 1 saturated heterocycles. The predicted molar refractivity (Wildman–Crippen MR) is 134 cm³/mol. The standard InChI is InChI=1S/C25H30ClF3N6/c1-14(2)34-9-11-35(12-10-34)21-13-19-23(31-17(5)32-24(19)33-22(21)26)30-16(4)18-7-6-8-20(15(18)3)25(27,28)29/h6-8,13-14,16H,9-12H2,1-5H3,(H,30,31,32,33)/t16-/m1/s1. The Morgan fingerprint density at radius 3 is 2.31 bits per heavy atom. The van der Waals surface area contributed by atoms with Crippen LogP contribution in [-0.2, 0) is 6.18 Å². The number of benzene rings is 1. The molecule has 35 heavy (non-hydrogen) atoms. The molecule has 6 nitrogen and oxygen atoms in total. The van der Waals surface area contributed by atoms with Crippen molar-refractivity contribution >= 4 is 34.1 Å². The van der Waals surface area contributed by atoms with Crippen molar-refractivity contribution in [1.82, 2.24) is 19.9 Å². The molecule has 10 heteroatoms. The van der Waals surface area contributed by atoms with Crippen molar-refractivity contribution in [3.8, 4) is 0 Å². The van der Waals surface area contributed by atoms with E-state index in [2.05, 4.69) is 43.9 Å². The number of anilines is 2. The number of hydrogen-bond donors (Lipinski definition) is 1. The minimum absolute atomic E-state index is 0.194. The fourth-order valence-corrected chi connectivity index (χ4v) is 4.91. The molecule has 1 aromatic carbocycles. The summed E-state index contributed by atoms with van der Waals surface area (Å²) < 4.78 is 40.3. The summed E-state index contributed by atoms with van der Waals surface area (Å²) >= 11 is 6.57. The first-order valence-electron chi connectivity index (χ1n) is 11.7. The SMILES string of the molecule is Cc1nc(N[C@H](C)c2cccc(C(F)(F)F)c2C)c2cc(N3CCN(C(C)C)CC3)c(Cl)nc2n1. The summed E-state index contributed by atoms with van der Waals surface area (Å²) in [6.45, 7) is 12.9. The third kappa shape index (κ3) is 5.30. The fraction of sp³-hybridized carbons (Fsp3) is 0.480. The highest BCUT2D eigenvalue weighted by atomic mass is 35.5. The van der Waals surface area contributed by atoms with Crippen LogP contribution in [0.25, 0.3) is 11.0 Å². The molecule has 0 saturated carbocycles. The fourth-order valence-electron chi connectivity index (χ4n) is 4.65. The Bertz CT molecular complexity index is 1220. The molecule has 1 N–H and O–H groups in total. The molecule has 0 radical (unpaired) electrons. The second-order valence-corrected chi connectivity index (χ2v) is 9.65. The number of aromatic nitrogens is 3. The van der Waals surface area contributed by atoms with Crippen LogP contribution in [0, 0.1) is 13.8 Å². The van der Waals surface area contributed by atoms with Gasteiger partial charge in [-0.3, -0.25) is 4.90 Å². The van der Waals surface area contributed by atoms with E-state index in [1.165, 1.54) is 13.0 Å². The molecule has 3 aromatic rings. The number of nitrogens with one attached hydrogen (secondary N) is 1. The van der Waals surface area contributed by atoms with Crippen LogP contribution in [0.1, 0.15) is 49.3 Å². The number of alkyl halides is 3. The highest BCUT2D eigenvalue weighted by molar-refractivity contribution is 6.32. The average Bonchev–Trinajstić information content (AvgIpc) is 2.78. The molecule has 1 aliphatic rings. The Labute approximate surface area is 208 Å². The van der Waals surface area contributed by atoms with Gasteiger partial charge in [0.25, 0.3) is 0 Å². The van der Waals surface area contributed by atoms with E-state index in [0.29, 0.717) is 39.4 Å². The molecule has 3 heterocycles. The number of rotatable bonds is 5. The van der Waals surface area contributed by atoms with Crippen LogP contribution in [0.5, 0.6) is 0 Å². The van der Waals surface area contributed by atoms with Crippen molar-refractivity contribution in [2.45, 2.75) is 52.9 Å². The maximum absolute atomic E-state index is 13.4. The summed E-state index contributed by atoms with van der Waals surface area (Å²) in [6, 6.07) is 6.23. The summed E-state index contributed by atoms with van der Waals surface area (Å²) in [5.41, 5.74) is 1.36. The molecule has 0 spiro atoms. The first-order valence-corrected chi connectivity index (χ1v) is 12.1. The lowest BCUT2D eigenvalue weighted by molar-refractivity contribution is -0.138. The molecular weight excluding hydrogens is 477 g/mol. The predicted octanol–water partition coefficient (Wildman–Crippen LogP) is 6.02. The topological polar surface area (TPSA) is 57.2 Å². The van der Waals surface area contributed by atoms with Crippen LogP contribution < -0.4 is 10.2 Å². The second-order valence-electron chi connectivity index (χ2n) is 9.29. The summed E-state index contributed by atoms with van der Waals surface area (Å²) in [5, 5.41) is 4.36. The number of pyridine rings is 1. The normalized spacial score (nSPS) is 16.2. The molecule has 0 aliphatic carbocycles. The van der Waals surface area contributed by atoms with E-state index in [4.69, 9.17) is 11.6 Å². The molecule has 0 unspecified atom stereocenters. The molecule has 1 fully saturated rings. The maximum atomic E-state index is 13.4. The molecule has 1 atom stereocenters. The molecule has 1 aliphatic heterocycles. The molecule has 4 rings (SSSR count). The van der Waals surface area contributed by atoms with Gasteiger partial charge in [-0.15, -0.1) is 0 Å². The Morgan fingerprint density at radius 2 is 1.69 bits per heavy atom. The van der Waals surface area contributed by atoms with Gasteiger partial charge in [0.15, 0.2) is 10.8 Å². The van der Waals surface area contributed by atoms with Crippen LogP contribution in [0.4, 0.5) is 24.7 Å². The minimum Gasteiger partial charge on any atom is -0.366 e. The molecule has 2 aromatic heterocycles.